The molecule has 0 spiro atoms. The molecule has 0 unspecified atom stereocenters. The van der Waals surface area contributed by atoms with Crippen LogP contribution in [0.15, 0.2) is 48.5 Å². The van der Waals surface area contributed by atoms with E-state index in [4.69, 9.17) is 9.47 Å². The zero-order valence-electron chi connectivity index (χ0n) is 17.3. The molecular weight excluding hydrogens is 380 g/mol. The number of ether oxygens (including phenoxy) is 2. The molecule has 6 heteroatoms. The van der Waals surface area contributed by atoms with Crippen LogP contribution in [0.4, 0.5) is 0 Å². The lowest BCUT2D eigenvalue weighted by Gasteiger charge is -2.32. The average Bonchev–Trinajstić information content (AvgIpc) is 3.18. The van der Waals surface area contributed by atoms with Crippen LogP contribution in [0.2, 0.25) is 0 Å². The van der Waals surface area contributed by atoms with E-state index in [2.05, 4.69) is 17.4 Å². The van der Waals surface area contributed by atoms with E-state index in [1.807, 2.05) is 41.3 Å². The quantitative estimate of drug-likeness (QED) is 0.798. The molecule has 1 aliphatic heterocycles. The zero-order valence-corrected chi connectivity index (χ0v) is 17.3. The Balaban J connectivity index is 1.28. The smallest absolute Gasteiger partial charge is 0.251 e. The maximum absolute atomic E-state index is 12.7. The van der Waals surface area contributed by atoms with Gasteiger partial charge in [0.05, 0.1) is 6.04 Å². The minimum Gasteiger partial charge on any atom is -0.490 e. The molecule has 0 saturated carbocycles. The van der Waals surface area contributed by atoms with Crippen LogP contribution < -0.4 is 10.1 Å². The van der Waals surface area contributed by atoms with Gasteiger partial charge in [-0.25, -0.2) is 0 Å². The van der Waals surface area contributed by atoms with Crippen LogP contribution in [0.1, 0.15) is 46.8 Å². The minimum atomic E-state index is -0.0618. The largest absolute Gasteiger partial charge is 0.490 e. The van der Waals surface area contributed by atoms with Gasteiger partial charge in [0.1, 0.15) is 18.5 Å². The lowest BCUT2D eigenvalue weighted by molar-refractivity contribution is -0.136. The van der Waals surface area contributed by atoms with E-state index in [1.165, 1.54) is 18.2 Å². The number of hydrogen-bond donors (Lipinski definition) is 1. The van der Waals surface area contributed by atoms with Crippen LogP contribution in [-0.2, 0) is 16.0 Å². The number of nitrogens with zero attached hydrogens (tertiary/aromatic N) is 1. The average molecular weight is 408 g/mol. The van der Waals surface area contributed by atoms with Gasteiger partial charge in [0.15, 0.2) is 0 Å². The minimum absolute atomic E-state index is 0.0243. The molecule has 30 heavy (non-hydrogen) atoms. The van der Waals surface area contributed by atoms with Gasteiger partial charge < -0.3 is 19.7 Å². The lowest BCUT2D eigenvalue weighted by Crippen LogP contribution is -2.43. The number of nitrogens with one attached hydrogen (secondary N) is 1. The maximum atomic E-state index is 12.7. The van der Waals surface area contributed by atoms with E-state index in [9.17, 15) is 9.59 Å². The Hall–Kier alpha value is -2.86. The highest BCUT2D eigenvalue weighted by Gasteiger charge is 2.25. The molecule has 0 aromatic heterocycles. The third-order valence-electron chi connectivity index (χ3n) is 5.92. The van der Waals surface area contributed by atoms with Gasteiger partial charge in [0.2, 0.25) is 5.91 Å². The molecule has 1 N–H and O–H groups in total. The zero-order chi connectivity index (χ0) is 20.9. The highest BCUT2D eigenvalue weighted by Crippen LogP contribution is 2.31. The van der Waals surface area contributed by atoms with Crippen LogP contribution in [-0.4, -0.2) is 49.6 Å². The van der Waals surface area contributed by atoms with Gasteiger partial charge in [-0.2, -0.15) is 0 Å². The molecule has 1 heterocycles. The van der Waals surface area contributed by atoms with Crippen molar-refractivity contribution in [2.45, 2.75) is 37.8 Å². The summed E-state index contributed by atoms with van der Waals surface area (Å²) in [6.45, 7) is 1.48. The highest BCUT2D eigenvalue weighted by molar-refractivity contribution is 5.94. The Morgan fingerprint density at radius 1 is 1.03 bits per heavy atom. The molecule has 2 aromatic carbocycles. The Morgan fingerprint density at radius 3 is 2.50 bits per heavy atom. The van der Waals surface area contributed by atoms with Crippen LogP contribution in [0.5, 0.6) is 5.75 Å². The fourth-order valence-corrected chi connectivity index (χ4v) is 4.26. The second-order valence-corrected chi connectivity index (χ2v) is 7.92. The number of fused-ring (bicyclic) bond motifs is 1. The first-order chi connectivity index (χ1) is 14.6. The molecule has 2 aliphatic rings. The standard InChI is InChI=1S/C24H28N2O4/c1-29-16-23(27)26-14-12-20(13-15-26)30-19-9-6-18(7-10-19)24(28)25-22-11-8-17-4-2-3-5-21(17)22/h2-7,9-10,20,22H,8,11-16H2,1H3,(H,25,28)/t22-/m1/s1. The normalized spacial score (nSPS) is 18.7. The van der Waals surface area contributed by atoms with Crippen molar-refractivity contribution < 1.29 is 19.1 Å². The van der Waals surface area contributed by atoms with Crippen molar-refractivity contribution in [2.75, 3.05) is 26.8 Å². The van der Waals surface area contributed by atoms with E-state index in [-0.39, 0.29) is 30.6 Å². The van der Waals surface area contributed by atoms with Crippen molar-refractivity contribution in [2.24, 2.45) is 0 Å². The van der Waals surface area contributed by atoms with E-state index in [1.54, 1.807) is 0 Å². The summed E-state index contributed by atoms with van der Waals surface area (Å²) in [6, 6.07) is 15.7. The van der Waals surface area contributed by atoms with Crippen LogP contribution in [0.3, 0.4) is 0 Å². The summed E-state index contributed by atoms with van der Waals surface area (Å²) >= 11 is 0. The number of carbonyl (C=O) groups is 2. The summed E-state index contributed by atoms with van der Waals surface area (Å²) in [5, 5.41) is 3.15. The van der Waals surface area contributed by atoms with E-state index in [0.717, 1.165) is 31.4 Å². The maximum Gasteiger partial charge on any atom is 0.251 e. The topological polar surface area (TPSA) is 67.9 Å². The number of likely N-dealkylation sites (tertiary alicyclic amines) is 1. The van der Waals surface area contributed by atoms with Crippen molar-refractivity contribution in [3.05, 3.63) is 65.2 Å². The SMILES string of the molecule is COCC(=O)N1CCC(Oc2ccc(C(=O)N[C@@H]3CCc4ccccc43)cc2)CC1. The molecule has 0 radical (unpaired) electrons. The number of piperidine rings is 1. The Bertz CT molecular complexity index is 888. The third kappa shape index (κ3) is 4.65. The number of amides is 2. The molecule has 1 aliphatic carbocycles. The molecule has 6 nitrogen and oxygen atoms in total. The van der Waals surface area contributed by atoms with Crippen molar-refractivity contribution in [3.8, 4) is 5.75 Å². The summed E-state index contributed by atoms with van der Waals surface area (Å²) in [7, 11) is 1.53. The number of rotatable bonds is 6. The number of hydrogen-bond acceptors (Lipinski definition) is 4. The Labute approximate surface area is 177 Å². The van der Waals surface area contributed by atoms with Crippen molar-refractivity contribution in [3.63, 3.8) is 0 Å². The van der Waals surface area contributed by atoms with Gasteiger partial charge in [-0.05, 0) is 48.2 Å². The third-order valence-corrected chi connectivity index (χ3v) is 5.92. The molecule has 158 valence electrons. The summed E-state index contributed by atoms with van der Waals surface area (Å²) in [4.78, 5) is 26.4. The second-order valence-electron chi connectivity index (χ2n) is 7.92. The number of methoxy groups -OCH3 is 1. The number of carbonyl (C=O) groups excluding carboxylic acids is 2. The van der Waals surface area contributed by atoms with Crippen LogP contribution in [0.25, 0.3) is 0 Å². The van der Waals surface area contributed by atoms with Gasteiger partial charge in [-0.3, -0.25) is 9.59 Å². The Kier molecular flexibility index (Phi) is 6.33. The van der Waals surface area contributed by atoms with Gasteiger partial charge in [0, 0.05) is 38.6 Å². The molecule has 4 rings (SSSR count). The van der Waals surface area contributed by atoms with Crippen molar-refractivity contribution in [1.29, 1.82) is 0 Å². The second kappa shape index (κ2) is 9.30. The van der Waals surface area contributed by atoms with Crippen LogP contribution >= 0.6 is 0 Å². The molecule has 1 saturated heterocycles. The monoisotopic (exact) mass is 408 g/mol. The first-order valence-corrected chi connectivity index (χ1v) is 10.6. The van der Waals surface area contributed by atoms with E-state index < -0.39 is 0 Å². The summed E-state index contributed by atoms with van der Waals surface area (Å²) in [6.07, 6.45) is 3.60. The number of benzene rings is 2. The molecule has 1 atom stereocenters. The fraction of sp³-hybridized carbons (Fsp3) is 0.417. The summed E-state index contributed by atoms with van der Waals surface area (Å²) in [5.41, 5.74) is 3.18. The molecule has 1 fully saturated rings. The van der Waals surface area contributed by atoms with Gasteiger partial charge >= 0.3 is 0 Å². The first kappa shape index (κ1) is 20.4. The fourth-order valence-electron chi connectivity index (χ4n) is 4.26. The summed E-state index contributed by atoms with van der Waals surface area (Å²) in [5.74, 6) is 0.712. The summed E-state index contributed by atoms with van der Waals surface area (Å²) < 4.78 is 11.0. The van der Waals surface area contributed by atoms with Crippen molar-refractivity contribution >= 4 is 11.8 Å². The molecule has 0 bridgehead atoms. The van der Waals surface area contributed by atoms with Crippen molar-refractivity contribution in [1.82, 2.24) is 10.2 Å². The first-order valence-electron chi connectivity index (χ1n) is 10.6. The van der Waals surface area contributed by atoms with E-state index in [0.29, 0.717) is 18.7 Å². The number of aryl methyl sites for hydroxylation is 1. The van der Waals surface area contributed by atoms with Gasteiger partial charge in [-0.1, -0.05) is 24.3 Å². The highest BCUT2D eigenvalue weighted by atomic mass is 16.5. The predicted molar refractivity (Wildman–Crippen MR) is 114 cm³/mol. The van der Waals surface area contributed by atoms with E-state index >= 15 is 0 Å². The van der Waals surface area contributed by atoms with Gasteiger partial charge in [0.25, 0.3) is 5.91 Å². The lowest BCUT2D eigenvalue weighted by atomic mass is 10.1. The predicted octanol–water partition coefficient (Wildman–Crippen LogP) is 3.12. The molecule has 2 aromatic rings. The molecule has 2 amide bonds. The van der Waals surface area contributed by atoms with Gasteiger partial charge in [-0.15, -0.1) is 0 Å². The van der Waals surface area contributed by atoms with Crippen LogP contribution in [0, 0.1) is 0 Å². The molecular formula is C24H28N2O4. The Morgan fingerprint density at radius 2 is 1.77 bits per heavy atom.